The summed E-state index contributed by atoms with van der Waals surface area (Å²) in [5.41, 5.74) is 6.45. The minimum absolute atomic E-state index is 0. The smallest absolute Gasteiger partial charge is 0.125 e. The molecule has 14 heavy (non-hydrogen) atoms. The quantitative estimate of drug-likeness (QED) is 0.799. The summed E-state index contributed by atoms with van der Waals surface area (Å²) in [5.74, 6) is -0.359. The van der Waals surface area contributed by atoms with E-state index in [0.29, 0.717) is 17.0 Å². The Morgan fingerprint density at radius 1 is 1.50 bits per heavy atom. The van der Waals surface area contributed by atoms with Crippen LogP contribution in [0.4, 0.5) is 4.39 Å². The topological polar surface area (TPSA) is 26.0 Å². The highest BCUT2D eigenvalue weighted by molar-refractivity contribution is 6.30. The summed E-state index contributed by atoms with van der Waals surface area (Å²) < 4.78 is 12.9. The molecular weight excluding hydrogens is 224 g/mol. The van der Waals surface area contributed by atoms with Gasteiger partial charge in [0.15, 0.2) is 0 Å². The molecule has 0 unspecified atom stereocenters. The van der Waals surface area contributed by atoms with Crippen molar-refractivity contribution >= 4 is 24.0 Å². The molecule has 0 heterocycles. The SMILES string of the molecule is C=CC[C@H](N)c1cc(F)cc(Cl)c1.Cl. The molecule has 0 amide bonds. The van der Waals surface area contributed by atoms with Gasteiger partial charge in [-0.2, -0.15) is 0 Å². The van der Waals surface area contributed by atoms with Crippen molar-refractivity contribution in [2.24, 2.45) is 5.73 Å². The van der Waals surface area contributed by atoms with E-state index in [1.165, 1.54) is 12.1 Å². The van der Waals surface area contributed by atoms with Crippen molar-refractivity contribution in [2.45, 2.75) is 12.5 Å². The monoisotopic (exact) mass is 235 g/mol. The van der Waals surface area contributed by atoms with Crippen LogP contribution in [0.1, 0.15) is 18.0 Å². The second kappa shape index (κ2) is 6.02. The van der Waals surface area contributed by atoms with Gasteiger partial charge in [0.1, 0.15) is 5.82 Å². The van der Waals surface area contributed by atoms with Gasteiger partial charge in [0.25, 0.3) is 0 Å². The van der Waals surface area contributed by atoms with Gasteiger partial charge >= 0.3 is 0 Å². The summed E-state index contributed by atoms with van der Waals surface area (Å²) in [4.78, 5) is 0. The summed E-state index contributed by atoms with van der Waals surface area (Å²) in [6.07, 6.45) is 2.31. The Kier molecular flexibility index (Phi) is 5.77. The third kappa shape index (κ3) is 3.66. The fourth-order valence-corrected chi connectivity index (χ4v) is 1.34. The molecule has 0 radical (unpaired) electrons. The molecule has 0 aliphatic rings. The molecule has 0 aromatic heterocycles. The Labute approximate surface area is 94.2 Å². The van der Waals surface area contributed by atoms with E-state index in [1.54, 1.807) is 12.1 Å². The van der Waals surface area contributed by atoms with E-state index in [2.05, 4.69) is 6.58 Å². The molecule has 2 N–H and O–H groups in total. The Morgan fingerprint density at radius 3 is 2.64 bits per heavy atom. The normalized spacial score (nSPS) is 11.6. The molecule has 4 heteroatoms. The molecular formula is C10H12Cl2FN. The highest BCUT2D eigenvalue weighted by Crippen LogP contribution is 2.20. The number of rotatable bonds is 3. The number of nitrogens with two attached hydrogens (primary N) is 1. The van der Waals surface area contributed by atoms with Crippen molar-refractivity contribution < 1.29 is 4.39 Å². The fraction of sp³-hybridized carbons (Fsp3) is 0.200. The maximum absolute atomic E-state index is 12.9. The lowest BCUT2D eigenvalue weighted by Gasteiger charge is -2.09. The molecule has 0 aliphatic carbocycles. The van der Waals surface area contributed by atoms with Gasteiger partial charge in [0, 0.05) is 11.1 Å². The van der Waals surface area contributed by atoms with Crippen LogP contribution in [-0.2, 0) is 0 Å². The van der Waals surface area contributed by atoms with Crippen LogP contribution >= 0.6 is 24.0 Å². The molecule has 0 fully saturated rings. The maximum Gasteiger partial charge on any atom is 0.125 e. The van der Waals surface area contributed by atoms with Gasteiger partial charge in [-0.1, -0.05) is 17.7 Å². The Morgan fingerprint density at radius 2 is 2.14 bits per heavy atom. The highest BCUT2D eigenvalue weighted by atomic mass is 35.5. The van der Waals surface area contributed by atoms with E-state index >= 15 is 0 Å². The van der Waals surface area contributed by atoms with Gasteiger partial charge in [-0.05, 0) is 30.2 Å². The van der Waals surface area contributed by atoms with Crippen LogP contribution in [0.15, 0.2) is 30.9 Å². The van der Waals surface area contributed by atoms with Gasteiger partial charge in [0.2, 0.25) is 0 Å². The number of halogens is 3. The zero-order valence-electron chi connectivity index (χ0n) is 7.54. The summed E-state index contributed by atoms with van der Waals surface area (Å²) in [5, 5.41) is 0.370. The molecule has 0 saturated carbocycles. The average Bonchev–Trinajstić information content (AvgIpc) is 2.03. The Balaban J connectivity index is 0.00000169. The molecule has 0 bridgehead atoms. The lowest BCUT2D eigenvalue weighted by molar-refractivity contribution is 0.620. The van der Waals surface area contributed by atoms with Crippen LogP contribution in [0.3, 0.4) is 0 Å². The van der Waals surface area contributed by atoms with Gasteiger partial charge in [-0.3, -0.25) is 0 Å². The number of benzene rings is 1. The Bertz CT molecular complexity index is 295. The lowest BCUT2D eigenvalue weighted by Crippen LogP contribution is -2.09. The van der Waals surface area contributed by atoms with Crippen molar-refractivity contribution in [3.8, 4) is 0 Å². The summed E-state index contributed by atoms with van der Waals surface area (Å²) in [6.45, 7) is 3.56. The lowest BCUT2D eigenvalue weighted by atomic mass is 10.0. The molecule has 78 valence electrons. The molecule has 1 aromatic rings. The van der Waals surface area contributed by atoms with E-state index in [4.69, 9.17) is 17.3 Å². The van der Waals surface area contributed by atoms with Crippen LogP contribution < -0.4 is 5.73 Å². The van der Waals surface area contributed by atoms with Crippen molar-refractivity contribution in [3.05, 3.63) is 47.3 Å². The molecule has 1 rings (SSSR count). The van der Waals surface area contributed by atoms with Gasteiger partial charge in [-0.15, -0.1) is 19.0 Å². The standard InChI is InChI=1S/C10H11ClFN.ClH/c1-2-3-10(13)7-4-8(11)6-9(12)5-7;/h2,4-6,10H,1,3,13H2;1H/t10-;/m0./s1. The molecule has 1 atom stereocenters. The van der Waals surface area contributed by atoms with Crippen molar-refractivity contribution in [2.75, 3.05) is 0 Å². The van der Waals surface area contributed by atoms with Crippen LogP contribution in [0, 0.1) is 5.82 Å². The first kappa shape index (κ1) is 13.4. The van der Waals surface area contributed by atoms with E-state index in [-0.39, 0.29) is 24.3 Å². The van der Waals surface area contributed by atoms with Gasteiger partial charge in [-0.25, -0.2) is 4.39 Å². The second-order valence-electron chi connectivity index (χ2n) is 2.83. The molecule has 0 aliphatic heterocycles. The third-order valence-electron chi connectivity index (χ3n) is 1.73. The zero-order chi connectivity index (χ0) is 9.84. The summed E-state index contributed by atoms with van der Waals surface area (Å²) in [7, 11) is 0. The minimum atomic E-state index is -0.359. The first-order valence-corrected chi connectivity index (χ1v) is 4.33. The van der Waals surface area contributed by atoms with E-state index in [1.807, 2.05) is 0 Å². The number of hydrogen-bond donors (Lipinski definition) is 1. The molecule has 0 spiro atoms. The fourth-order valence-electron chi connectivity index (χ4n) is 1.10. The highest BCUT2D eigenvalue weighted by Gasteiger charge is 2.06. The van der Waals surface area contributed by atoms with E-state index < -0.39 is 0 Å². The van der Waals surface area contributed by atoms with Crippen molar-refractivity contribution in [3.63, 3.8) is 0 Å². The van der Waals surface area contributed by atoms with Crippen LogP contribution in [-0.4, -0.2) is 0 Å². The summed E-state index contributed by atoms with van der Waals surface area (Å²) >= 11 is 5.67. The minimum Gasteiger partial charge on any atom is -0.324 e. The Hall–Kier alpha value is -0.570. The largest absolute Gasteiger partial charge is 0.324 e. The zero-order valence-corrected chi connectivity index (χ0v) is 9.11. The maximum atomic E-state index is 12.9. The van der Waals surface area contributed by atoms with Gasteiger partial charge in [0.05, 0.1) is 0 Å². The van der Waals surface area contributed by atoms with E-state index in [0.717, 1.165) is 0 Å². The van der Waals surface area contributed by atoms with Crippen molar-refractivity contribution in [1.29, 1.82) is 0 Å². The predicted molar refractivity (Wildman–Crippen MR) is 60.4 cm³/mol. The molecule has 1 aromatic carbocycles. The van der Waals surface area contributed by atoms with Gasteiger partial charge < -0.3 is 5.73 Å². The number of hydrogen-bond acceptors (Lipinski definition) is 1. The van der Waals surface area contributed by atoms with E-state index in [9.17, 15) is 4.39 Å². The first-order valence-electron chi connectivity index (χ1n) is 3.96. The molecule has 1 nitrogen and oxygen atoms in total. The van der Waals surface area contributed by atoms with Crippen LogP contribution in [0.5, 0.6) is 0 Å². The molecule has 0 saturated heterocycles. The van der Waals surface area contributed by atoms with Crippen LogP contribution in [0.2, 0.25) is 5.02 Å². The second-order valence-corrected chi connectivity index (χ2v) is 3.27. The van der Waals surface area contributed by atoms with Crippen molar-refractivity contribution in [1.82, 2.24) is 0 Å². The first-order chi connectivity index (χ1) is 6.13. The summed E-state index contributed by atoms with van der Waals surface area (Å²) in [6, 6.07) is 4.08. The predicted octanol–water partition coefficient (Wildman–Crippen LogP) is 3.48. The van der Waals surface area contributed by atoms with Crippen LogP contribution in [0.25, 0.3) is 0 Å². The average molecular weight is 236 g/mol. The third-order valence-corrected chi connectivity index (χ3v) is 1.95.